The molecule has 1 aliphatic rings. The Bertz CT molecular complexity index is 589. The van der Waals surface area contributed by atoms with Crippen molar-refractivity contribution < 1.29 is 18.3 Å². The van der Waals surface area contributed by atoms with Crippen LogP contribution in [0.2, 0.25) is 0 Å². The lowest BCUT2D eigenvalue weighted by Crippen LogP contribution is -2.21. The van der Waals surface area contributed by atoms with Gasteiger partial charge in [-0.3, -0.25) is 0 Å². The summed E-state index contributed by atoms with van der Waals surface area (Å²) in [6.07, 6.45) is 2.07. The minimum atomic E-state index is -3.38. The van der Waals surface area contributed by atoms with Crippen molar-refractivity contribution in [2.45, 2.75) is 24.7 Å². The van der Waals surface area contributed by atoms with Crippen molar-refractivity contribution in [3.8, 4) is 0 Å². The molecule has 0 aliphatic carbocycles. The summed E-state index contributed by atoms with van der Waals surface area (Å²) in [5.74, 6) is -1.12. The first-order valence-corrected chi connectivity index (χ1v) is 7.96. The van der Waals surface area contributed by atoms with Gasteiger partial charge in [0.25, 0.3) is 0 Å². The van der Waals surface area contributed by atoms with Crippen LogP contribution in [0, 0.1) is 0 Å². The second kappa shape index (κ2) is 5.21. The number of hydrogen-bond donors (Lipinski definition) is 1. The van der Waals surface area contributed by atoms with E-state index in [0.717, 1.165) is 25.9 Å². The highest BCUT2D eigenvalue weighted by Crippen LogP contribution is 2.27. The molecule has 0 radical (unpaired) electrons. The summed E-state index contributed by atoms with van der Waals surface area (Å²) in [5, 5.41) is 9.27. The highest BCUT2D eigenvalue weighted by Gasteiger charge is 2.22. The van der Waals surface area contributed by atoms with E-state index >= 15 is 0 Å². The molecule has 0 atom stereocenters. The van der Waals surface area contributed by atoms with Gasteiger partial charge in [-0.25, -0.2) is 13.2 Å². The molecule has 2 rings (SSSR count). The number of benzene rings is 1. The zero-order valence-corrected chi connectivity index (χ0v) is 11.6. The molecule has 1 aromatic rings. The van der Waals surface area contributed by atoms with Crippen molar-refractivity contribution in [3.05, 3.63) is 23.8 Å². The summed E-state index contributed by atoms with van der Waals surface area (Å²) in [4.78, 5) is 13.4. The molecule has 1 heterocycles. The number of carbonyl (C=O) groups is 1. The fourth-order valence-corrected chi connectivity index (χ4v) is 3.19. The van der Waals surface area contributed by atoms with Crippen LogP contribution in [0.4, 0.5) is 5.69 Å². The van der Waals surface area contributed by atoms with Gasteiger partial charge in [-0.2, -0.15) is 0 Å². The molecule has 0 unspecified atom stereocenters. The van der Waals surface area contributed by atoms with Gasteiger partial charge >= 0.3 is 5.97 Å². The first-order valence-electron chi connectivity index (χ1n) is 6.31. The molecule has 1 saturated heterocycles. The molecule has 0 spiro atoms. The summed E-state index contributed by atoms with van der Waals surface area (Å²) in [6, 6.07) is 4.38. The smallest absolute Gasteiger partial charge is 0.337 e. The molecule has 0 amide bonds. The largest absolute Gasteiger partial charge is 0.478 e. The SMILES string of the molecule is CCS(=O)(=O)c1ccc(N2CCCC2)c(C(=O)O)c1. The Morgan fingerprint density at radius 2 is 1.95 bits per heavy atom. The molecule has 0 saturated carbocycles. The van der Waals surface area contributed by atoms with Crippen LogP contribution in [-0.4, -0.2) is 38.3 Å². The standard InChI is InChI=1S/C13H17NO4S/c1-2-19(17,18)10-5-6-12(11(9-10)13(15)16)14-7-3-4-8-14/h5-6,9H,2-4,7-8H2,1H3,(H,15,16). The Morgan fingerprint density at radius 1 is 1.32 bits per heavy atom. The highest BCUT2D eigenvalue weighted by atomic mass is 32.2. The minimum absolute atomic E-state index is 0.0326. The third kappa shape index (κ3) is 2.73. The Kier molecular flexibility index (Phi) is 3.80. The molecule has 5 nitrogen and oxygen atoms in total. The van der Waals surface area contributed by atoms with E-state index in [2.05, 4.69) is 0 Å². The van der Waals surface area contributed by atoms with Crippen LogP contribution < -0.4 is 4.90 Å². The third-order valence-corrected chi connectivity index (χ3v) is 5.12. The maximum atomic E-state index is 11.8. The number of carboxylic acids is 1. The van der Waals surface area contributed by atoms with E-state index in [0.29, 0.717) is 5.69 Å². The molecular weight excluding hydrogens is 266 g/mol. The molecule has 19 heavy (non-hydrogen) atoms. The summed E-state index contributed by atoms with van der Waals surface area (Å²) < 4.78 is 23.6. The number of carboxylic acid groups (broad SMARTS) is 1. The first-order chi connectivity index (χ1) is 8.95. The van der Waals surface area contributed by atoms with Crippen molar-refractivity contribution in [2.75, 3.05) is 23.7 Å². The van der Waals surface area contributed by atoms with Crippen molar-refractivity contribution in [3.63, 3.8) is 0 Å². The fraction of sp³-hybridized carbons (Fsp3) is 0.462. The van der Waals surface area contributed by atoms with E-state index in [-0.39, 0.29) is 16.2 Å². The van der Waals surface area contributed by atoms with Gasteiger partial charge in [-0.1, -0.05) is 6.92 Å². The van der Waals surface area contributed by atoms with Gasteiger partial charge in [0.2, 0.25) is 0 Å². The highest BCUT2D eigenvalue weighted by molar-refractivity contribution is 7.91. The van der Waals surface area contributed by atoms with Gasteiger partial charge in [-0.05, 0) is 31.0 Å². The lowest BCUT2D eigenvalue weighted by atomic mass is 10.1. The molecule has 0 bridgehead atoms. The maximum absolute atomic E-state index is 11.8. The van der Waals surface area contributed by atoms with E-state index < -0.39 is 15.8 Å². The van der Waals surface area contributed by atoms with Crippen molar-refractivity contribution >= 4 is 21.5 Å². The molecular formula is C13H17NO4S. The van der Waals surface area contributed by atoms with Crippen LogP contribution in [0.25, 0.3) is 0 Å². The van der Waals surface area contributed by atoms with Crippen LogP contribution in [0.5, 0.6) is 0 Å². The van der Waals surface area contributed by atoms with Crippen molar-refractivity contribution in [1.29, 1.82) is 0 Å². The van der Waals surface area contributed by atoms with Gasteiger partial charge in [0.15, 0.2) is 9.84 Å². The van der Waals surface area contributed by atoms with E-state index in [9.17, 15) is 18.3 Å². The molecule has 0 aromatic heterocycles. The quantitative estimate of drug-likeness (QED) is 0.911. The molecule has 6 heteroatoms. The Labute approximate surface area is 112 Å². The lowest BCUT2D eigenvalue weighted by Gasteiger charge is -2.20. The van der Waals surface area contributed by atoms with E-state index in [4.69, 9.17) is 0 Å². The number of nitrogens with zero attached hydrogens (tertiary/aromatic N) is 1. The van der Waals surface area contributed by atoms with E-state index in [1.807, 2.05) is 4.90 Å². The third-order valence-electron chi connectivity index (χ3n) is 3.38. The predicted molar refractivity (Wildman–Crippen MR) is 72.6 cm³/mol. The van der Waals surface area contributed by atoms with Gasteiger partial charge in [0, 0.05) is 13.1 Å². The Morgan fingerprint density at radius 3 is 2.47 bits per heavy atom. The number of hydrogen-bond acceptors (Lipinski definition) is 4. The fourth-order valence-electron chi connectivity index (χ4n) is 2.28. The predicted octanol–water partition coefficient (Wildman–Crippen LogP) is 1.78. The second-order valence-corrected chi connectivity index (χ2v) is 6.86. The molecule has 1 aromatic carbocycles. The summed E-state index contributed by atoms with van der Waals surface area (Å²) in [6.45, 7) is 3.18. The number of aromatic carboxylic acids is 1. The maximum Gasteiger partial charge on any atom is 0.337 e. The Hall–Kier alpha value is -1.56. The molecule has 1 aliphatic heterocycles. The molecule has 1 N–H and O–H groups in total. The molecule has 104 valence electrons. The number of anilines is 1. The van der Waals surface area contributed by atoms with Gasteiger partial charge in [-0.15, -0.1) is 0 Å². The van der Waals surface area contributed by atoms with Gasteiger partial charge in [0.1, 0.15) is 0 Å². The number of rotatable bonds is 4. The topological polar surface area (TPSA) is 74.7 Å². The number of sulfone groups is 1. The summed E-state index contributed by atoms with van der Waals surface area (Å²) in [5.41, 5.74) is 0.677. The van der Waals surface area contributed by atoms with Crippen LogP contribution in [0.3, 0.4) is 0 Å². The zero-order chi connectivity index (χ0) is 14.0. The minimum Gasteiger partial charge on any atom is -0.478 e. The van der Waals surface area contributed by atoms with Gasteiger partial charge in [0.05, 0.1) is 21.9 Å². The van der Waals surface area contributed by atoms with Crippen molar-refractivity contribution in [1.82, 2.24) is 0 Å². The van der Waals surface area contributed by atoms with Gasteiger partial charge < -0.3 is 10.0 Å². The average molecular weight is 283 g/mol. The van der Waals surface area contributed by atoms with Crippen molar-refractivity contribution in [2.24, 2.45) is 0 Å². The average Bonchev–Trinajstić information content (AvgIpc) is 2.91. The Balaban J connectivity index is 2.49. The van der Waals surface area contributed by atoms with E-state index in [1.165, 1.54) is 12.1 Å². The normalized spacial score (nSPS) is 15.7. The monoisotopic (exact) mass is 283 g/mol. The van der Waals surface area contributed by atoms with Crippen LogP contribution in [0.15, 0.2) is 23.1 Å². The molecule has 1 fully saturated rings. The van der Waals surface area contributed by atoms with E-state index in [1.54, 1.807) is 13.0 Å². The first kappa shape index (κ1) is 13.9. The zero-order valence-electron chi connectivity index (χ0n) is 10.8. The summed E-state index contributed by atoms with van der Waals surface area (Å²) >= 11 is 0. The van der Waals surface area contributed by atoms with Crippen LogP contribution in [-0.2, 0) is 9.84 Å². The lowest BCUT2D eigenvalue weighted by molar-refractivity contribution is 0.0697. The van der Waals surface area contributed by atoms with Crippen LogP contribution >= 0.6 is 0 Å². The second-order valence-electron chi connectivity index (χ2n) is 4.58. The van der Waals surface area contributed by atoms with Crippen LogP contribution in [0.1, 0.15) is 30.1 Å². The summed E-state index contributed by atoms with van der Waals surface area (Å²) in [7, 11) is -3.38.